The molecule has 0 spiro atoms. The second kappa shape index (κ2) is 6.21. The van der Waals surface area contributed by atoms with Gasteiger partial charge < -0.3 is 5.32 Å². The summed E-state index contributed by atoms with van der Waals surface area (Å²) in [5.41, 5.74) is 8.87. The van der Waals surface area contributed by atoms with Crippen LogP contribution in [0.3, 0.4) is 0 Å². The molecule has 2 aliphatic carbocycles. The van der Waals surface area contributed by atoms with Crippen LogP contribution in [0.15, 0.2) is 18.3 Å². The lowest BCUT2D eigenvalue weighted by Gasteiger charge is -2.37. The minimum atomic E-state index is -0.0699. The largest absolute Gasteiger partial charge is 0.352 e. The van der Waals surface area contributed by atoms with Crippen LogP contribution in [-0.2, 0) is 11.2 Å². The van der Waals surface area contributed by atoms with Crippen molar-refractivity contribution >= 4 is 5.91 Å². The Kier molecular flexibility index (Phi) is 4.07. The maximum atomic E-state index is 12.9. The fourth-order valence-electron chi connectivity index (χ4n) is 4.58. The third kappa shape index (κ3) is 2.88. The summed E-state index contributed by atoms with van der Waals surface area (Å²) in [5, 5.41) is 3.35. The van der Waals surface area contributed by atoms with Gasteiger partial charge in [-0.15, -0.1) is 0 Å². The van der Waals surface area contributed by atoms with Crippen molar-refractivity contribution in [2.75, 3.05) is 6.54 Å². The number of aromatic nitrogens is 1. The minimum absolute atomic E-state index is 0.0699. The highest BCUT2D eigenvalue weighted by atomic mass is 16.2. The molecule has 4 rings (SSSR count). The molecule has 0 radical (unpaired) electrons. The van der Waals surface area contributed by atoms with Crippen LogP contribution in [0.4, 0.5) is 0 Å². The first-order chi connectivity index (χ1) is 11.2. The Hall–Kier alpha value is -1.46. The molecule has 5 atom stereocenters. The first kappa shape index (κ1) is 15.1. The molecule has 124 valence electrons. The predicted molar refractivity (Wildman–Crippen MR) is 88.7 cm³/mol. The summed E-state index contributed by atoms with van der Waals surface area (Å²) in [6.45, 7) is 3.32. The molecule has 0 bridgehead atoms. The van der Waals surface area contributed by atoms with Gasteiger partial charge in [-0.05, 0) is 55.6 Å². The van der Waals surface area contributed by atoms with Gasteiger partial charge in [-0.3, -0.25) is 20.6 Å². The molecule has 1 saturated carbocycles. The van der Waals surface area contributed by atoms with E-state index in [4.69, 9.17) is 0 Å². The third-order valence-electron chi connectivity index (χ3n) is 5.93. The average Bonchev–Trinajstić information content (AvgIpc) is 3.01. The van der Waals surface area contributed by atoms with Gasteiger partial charge in [0.25, 0.3) is 0 Å². The molecule has 5 heteroatoms. The Morgan fingerprint density at radius 1 is 1.39 bits per heavy atom. The molecule has 1 aliphatic heterocycles. The van der Waals surface area contributed by atoms with Crippen LogP contribution in [0, 0.1) is 11.8 Å². The van der Waals surface area contributed by atoms with Crippen molar-refractivity contribution in [2.24, 2.45) is 11.8 Å². The topological polar surface area (TPSA) is 66.0 Å². The van der Waals surface area contributed by atoms with Crippen LogP contribution in [0.2, 0.25) is 0 Å². The second-order valence-electron chi connectivity index (χ2n) is 7.45. The van der Waals surface area contributed by atoms with E-state index in [1.165, 1.54) is 12.0 Å². The number of rotatable bonds is 2. The first-order valence-corrected chi connectivity index (χ1v) is 8.95. The van der Waals surface area contributed by atoms with Gasteiger partial charge in [-0.1, -0.05) is 13.0 Å². The van der Waals surface area contributed by atoms with E-state index in [1.807, 2.05) is 12.3 Å². The second-order valence-corrected chi connectivity index (χ2v) is 7.45. The number of carbonyl (C=O) groups excluding carboxylic acids is 1. The molecule has 1 saturated heterocycles. The van der Waals surface area contributed by atoms with Crippen LogP contribution >= 0.6 is 0 Å². The molecular weight excluding hydrogens is 288 g/mol. The number of nitrogens with zero attached hydrogens (tertiary/aromatic N) is 1. The SMILES string of the molecule is CC1CC2CNNC2CC1NC(=O)C1CCCc2cccnc21. The Bertz CT molecular complexity index is 590. The molecule has 0 aromatic carbocycles. The predicted octanol–water partition coefficient (Wildman–Crippen LogP) is 1.51. The van der Waals surface area contributed by atoms with E-state index in [0.29, 0.717) is 17.9 Å². The molecule has 3 N–H and O–H groups in total. The summed E-state index contributed by atoms with van der Waals surface area (Å²) in [5.74, 6) is 1.34. The molecule has 5 unspecified atom stereocenters. The normalized spacial score (nSPS) is 36.1. The standard InChI is InChI=1S/C18H26N4O/c1-11-8-13-10-20-22-16(13)9-15(11)21-18(23)14-6-2-4-12-5-3-7-19-17(12)14/h3,5,7,11,13-16,20,22H,2,4,6,8-10H2,1H3,(H,21,23). The number of nitrogens with one attached hydrogen (secondary N) is 3. The van der Waals surface area contributed by atoms with Gasteiger partial charge in [0.05, 0.1) is 11.6 Å². The number of carbonyl (C=O) groups is 1. The highest BCUT2D eigenvalue weighted by Crippen LogP contribution is 2.33. The zero-order valence-corrected chi connectivity index (χ0v) is 13.7. The van der Waals surface area contributed by atoms with Gasteiger partial charge in [0.2, 0.25) is 5.91 Å². The van der Waals surface area contributed by atoms with Gasteiger partial charge in [0, 0.05) is 24.8 Å². The van der Waals surface area contributed by atoms with E-state index < -0.39 is 0 Å². The molecule has 23 heavy (non-hydrogen) atoms. The van der Waals surface area contributed by atoms with E-state index >= 15 is 0 Å². The molecule has 2 heterocycles. The smallest absolute Gasteiger partial charge is 0.229 e. The highest BCUT2D eigenvalue weighted by molar-refractivity contribution is 5.84. The summed E-state index contributed by atoms with van der Waals surface area (Å²) in [6.07, 6.45) is 7.05. The molecule has 2 fully saturated rings. The Morgan fingerprint density at radius 2 is 2.30 bits per heavy atom. The lowest BCUT2D eigenvalue weighted by molar-refractivity contribution is -0.124. The number of fused-ring (bicyclic) bond motifs is 2. The lowest BCUT2D eigenvalue weighted by Crippen LogP contribution is -2.50. The van der Waals surface area contributed by atoms with Gasteiger partial charge in [0.15, 0.2) is 0 Å². The monoisotopic (exact) mass is 314 g/mol. The Morgan fingerprint density at radius 3 is 3.22 bits per heavy atom. The fraction of sp³-hybridized carbons (Fsp3) is 0.667. The van der Waals surface area contributed by atoms with E-state index in [0.717, 1.165) is 37.9 Å². The number of amides is 1. The highest BCUT2D eigenvalue weighted by Gasteiger charge is 2.39. The molecule has 1 aromatic heterocycles. The van der Waals surface area contributed by atoms with Crippen molar-refractivity contribution in [1.29, 1.82) is 0 Å². The Balaban J connectivity index is 1.46. The quantitative estimate of drug-likeness (QED) is 0.774. The molecule has 1 aromatic rings. The van der Waals surface area contributed by atoms with E-state index in [1.54, 1.807) is 0 Å². The molecule has 3 aliphatic rings. The maximum absolute atomic E-state index is 12.9. The van der Waals surface area contributed by atoms with E-state index in [2.05, 4.69) is 34.1 Å². The summed E-state index contributed by atoms with van der Waals surface area (Å²) >= 11 is 0. The molecular formula is C18H26N4O. The van der Waals surface area contributed by atoms with E-state index in [-0.39, 0.29) is 17.9 Å². The Labute approximate surface area is 137 Å². The van der Waals surface area contributed by atoms with Crippen molar-refractivity contribution in [2.45, 2.75) is 57.0 Å². The van der Waals surface area contributed by atoms with Crippen LogP contribution in [0.25, 0.3) is 0 Å². The number of aryl methyl sites for hydroxylation is 1. The number of hydrogen-bond donors (Lipinski definition) is 3. The van der Waals surface area contributed by atoms with Crippen LogP contribution in [0.5, 0.6) is 0 Å². The van der Waals surface area contributed by atoms with Crippen LogP contribution in [0.1, 0.15) is 49.8 Å². The molecule has 1 amide bonds. The fourth-order valence-corrected chi connectivity index (χ4v) is 4.58. The zero-order valence-electron chi connectivity index (χ0n) is 13.7. The maximum Gasteiger partial charge on any atom is 0.229 e. The summed E-state index contributed by atoms with van der Waals surface area (Å²) in [4.78, 5) is 17.4. The van der Waals surface area contributed by atoms with Crippen LogP contribution in [-0.4, -0.2) is 29.5 Å². The van der Waals surface area contributed by atoms with Crippen molar-refractivity contribution < 1.29 is 4.79 Å². The van der Waals surface area contributed by atoms with Gasteiger partial charge in [0.1, 0.15) is 0 Å². The summed E-state index contributed by atoms with van der Waals surface area (Å²) in [6, 6.07) is 4.85. The van der Waals surface area contributed by atoms with Gasteiger partial charge >= 0.3 is 0 Å². The van der Waals surface area contributed by atoms with Crippen LogP contribution < -0.4 is 16.2 Å². The zero-order chi connectivity index (χ0) is 15.8. The van der Waals surface area contributed by atoms with Crippen molar-refractivity contribution in [3.05, 3.63) is 29.6 Å². The number of hydrogen-bond acceptors (Lipinski definition) is 4. The van der Waals surface area contributed by atoms with Gasteiger partial charge in [-0.25, -0.2) is 0 Å². The third-order valence-corrected chi connectivity index (χ3v) is 5.93. The number of pyridine rings is 1. The number of hydrazine groups is 1. The van der Waals surface area contributed by atoms with E-state index in [9.17, 15) is 4.79 Å². The molecule has 5 nitrogen and oxygen atoms in total. The minimum Gasteiger partial charge on any atom is -0.352 e. The average molecular weight is 314 g/mol. The van der Waals surface area contributed by atoms with Crippen molar-refractivity contribution in [3.8, 4) is 0 Å². The summed E-state index contributed by atoms with van der Waals surface area (Å²) < 4.78 is 0. The van der Waals surface area contributed by atoms with Crippen molar-refractivity contribution in [1.82, 2.24) is 21.2 Å². The first-order valence-electron chi connectivity index (χ1n) is 8.95. The van der Waals surface area contributed by atoms with Gasteiger partial charge in [-0.2, -0.15) is 0 Å². The lowest BCUT2D eigenvalue weighted by atomic mass is 9.76. The van der Waals surface area contributed by atoms with Crippen molar-refractivity contribution in [3.63, 3.8) is 0 Å². The summed E-state index contributed by atoms with van der Waals surface area (Å²) in [7, 11) is 0.